The lowest BCUT2D eigenvalue weighted by atomic mass is 10.1. The van der Waals surface area contributed by atoms with Crippen LogP contribution in [0, 0.1) is 5.92 Å². The van der Waals surface area contributed by atoms with Gasteiger partial charge in [0.1, 0.15) is 12.4 Å². The molecule has 150 valence electrons. The van der Waals surface area contributed by atoms with Crippen LogP contribution in [0.2, 0.25) is 0 Å². The number of nitrogens with one attached hydrogen (secondary N) is 2. The molecule has 1 amide bonds. The molecule has 0 aromatic heterocycles. The lowest BCUT2D eigenvalue weighted by Gasteiger charge is -2.14. The van der Waals surface area contributed by atoms with E-state index in [2.05, 4.69) is 36.6 Å². The summed E-state index contributed by atoms with van der Waals surface area (Å²) in [5.41, 5.74) is 3.76. The van der Waals surface area contributed by atoms with E-state index in [1.165, 1.54) is 0 Å². The smallest absolute Gasteiger partial charge is 0.251 e. The average Bonchev–Trinajstić information content (AvgIpc) is 2.76. The maximum atomic E-state index is 12.3. The third-order valence-corrected chi connectivity index (χ3v) is 4.49. The summed E-state index contributed by atoms with van der Waals surface area (Å²) in [5.74, 6) is 1.23. The fourth-order valence-corrected chi connectivity index (χ4v) is 2.89. The third kappa shape index (κ3) is 6.39. The summed E-state index contributed by atoms with van der Waals surface area (Å²) in [4.78, 5) is 12.3. The molecular formula is C25H28N2O2. The van der Waals surface area contributed by atoms with Gasteiger partial charge in [-0.3, -0.25) is 4.79 Å². The van der Waals surface area contributed by atoms with Gasteiger partial charge in [-0.2, -0.15) is 0 Å². The van der Waals surface area contributed by atoms with Crippen molar-refractivity contribution < 1.29 is 9.53 Å². The molecule has 0 aliphatic heterocycles. The Bertz CT molecular complexity index is 923. The van der Waals surface area contributed by atoms with E-state index in [4.69, 9.17) is 4.74 Å². The van der Waals surface area contributed by atoms with E-state index in [1.54, 1.807) is 0 Å². The van der Waals surface area contributed by atoms with E-state index < -0.39 is 0 Å². The Morgan fingerprint density at radius 2 is 1.69 bits per heavy atom. The van der Waals surface area contributed by atoms with Gasteiger partial charge in [-0.25, -0.2) is 0 Å². The molecule has 0 atom stereocenters. The molecule has 0 radical (unpaired) electrons. The highest BCUT2D eigenvalue weighted by molar-refractivity contribution is 5.95. The summed E-state index contributed by atoms with van der Waals surface area (Å²) in [6.45, 7) is 5.97. The maximum absolute atomic E-state index is 12.3. The number of ether oxygens (including phenoxy) is 1. The summed E-state index contributed by atoms with van der Waals surface area (Å²) >= 11 is 0. The Balaban J connectivity index is 1.61. The van der Waals surface area contributed by atoms with Crippen molar-refractivity contribution in [3.8, 4) is 5.75 Å². The average molecular weight is 389 g/mol. The van der Waals surface area contributed by atoms with E-state index in [0.717, 1.165) is 22.6 Å². The monoisotopic (exact) mass is 388 g/mol. The Kier molecular flexibility index (Phi) is 7.28. The standard InChI is InChI=1S/C25H28N2O2/c1-19(2)16-27-25(28)21-12-8-13-23(15-21)26-17-22-11-6-7-14-24(22)29-18-20-9-4-3-5-10-20/h3-15,19,26H,16-18H2,1-2H3,(H,27,28). The van der Waals surface area contributed by atoms with E-state index >= 15 is 0 Å². The maximum Gasteiger partial charge on any atom is 0.251 e. The minimum Gasteiger partial charge on any atom is -0.489 e. The molecule has 2 N–H and O–H groups in total. The molecule has 29 heavy (non-hydrogen) atoms. The van der Waals surface area contributed by atoms with Crippen LogP contribution < -0.4 is 15.4 Å². The highest BCUT2D eigenvalue weighted by Crippen LogP contribution is 2.21. The van der Waals surface area contributed by atoms with E-state index in [-0.39, 0.29) is 5.91 Å². The van der Waals surface area contributed by atoms with Crippen molar-refractivity contribution >= 4 is 11.6 Å². The second-order valence-corrected chi connectivity index (χ2v) is 7.42. The van der Waals surface area contributed by atoms with Crippen molar-refractivity contribution in [1.82, 2.24) is 5.32 Å². The first-order valence-corrected chi connectivity index (χ1v) is 9.98. The number of para-hydroxylation sites is 1. The van der Waals surface area contributed by atoms with Crippen LogP contribution in [-0.2, 0) is 13.2 Å². The van der Waals surface area contributed by atoms with Crippen molar-refractivity contribution in [2.24, 2.45) is 5.92 Å². The van der Waals surface area contributed by atoms with Crippen molar-refractivity contribution in [3.05, 3.63) is 95.6 Å². The van der Waals surface area contributed by atoms with E-state index in [0.29, 0.717) is 31.2 Å². The topological polar surface area (TPSA) is 50.4 Å². The number of benzene rings is 3. The zero-order chi connectivity index (χ0) is 20.5. The lowest BCUT2D eigenvalue weighted by Crippen LogP contribution is -2.27. The minimum atomic E-state index is -0.0473. The Hall–Kier alpha value is -3.27. The summed E-state index contributed by atoms with van der Waals surface area (Å²) in [7, 11) is 0. The lowest BCUT2D eigenvalue weighted by molar-refractivity contribution is 0.0949. The van der Waals surface area contributed by atoms with Gasteiger partial charge in [-0.05, 0) is 35.7 Å². The molecule has 0 aliphatic rings. The van der Waals surface area contributed by atoms with Gasteiger partial charge in [0.2, 0.25) is 0 Å². The van der Waals surface area contributed by atoms with Crippen molar-refractivity contribution in [1.29, 1.82) is 0 Å². The SMILES string of the molecule is CC(C)CNC(=O)c1cccc(NCc2ccccc2OCc2ccccc2)c1. The molecule has 0 heterocycles. The van der Waals surface area contributed by atoms with Gasteiger partial charge >= 0.3 is 0 Å². The quantitative estimate of drug-likeness (QED) is 0.525. The molecule has 0 unspecified atom stereocenters. The highest BCUT2D eigenvalue weighted by Gasteiger charge is 2.08. The van der Waals surface area contributed by atoms with Gasteiger partial charge in [0.05, 0.1) is 0 Å². The van der Waals surface area contributed by atoms with E-state index in [1.807, 2.05) is 66.7 Å². The number of rotatable bonds is 9. The first kappa shape index (κ1) is 20.5. The molecule has 0 bridgehead atoms. The van der Waals surface area contributed by atoms with Crippen LogP contribution in [0.5, 0.6) is 5.75 Å². The number of carbonyl (C=O) groups is 1. The molecule has 0 fully saturated rings. The Morgan fingerprint density at radius 3 is 2.48 bits per heavy atom. The largest absolute Gasteiger partial charge is 0.489 e. The third-order valence-electron chi connectivity index (χ3n) is 4.49. The van der Waals surface area contributed by atoms with Crippen LogP contribution in [0.1, 0.15) is 35.3 Å². The normalized spacial score (nSPS) is 10.6. The molecule has 3 rings (SSSR count). The second kappa shape index (κ2) is 10.3. The van der Waals surface area contributed by atoms with Crippen LogP contribution in [0.15, 0.2) is 78.9 Å². The highest BCUT2D eigenvalue weighted by atomic mass is 16.5. The van der Waals surface area contributed by atoms with Gasteiger partial charge in [-0.15, -0.1) is 0 Å². The first-order valence-electron chi connectivity index (χ1n) is 9.98. The molecule has 3 aromatic rings. The van der Waals surface area contributed by atoms with Crippen molar-refractivity contribution in [2.75, 3.05) is 11.9 Å². The number of anilines is 1. The van der Waals surface area contributed by atoms with Crippen LogP contribution in [0.25, 0.3) is 0 Å². The molecular weight excluding hydrogens is 360 g/mol. The fourth-order valence-electron chi connectivity index (χ4n) is 2.89. The predicted octanol–water partition coefficient (Wildman–Crippen LogP) is 5.26. The van der Waals surface area contributed by atoms with Gasteiger partial charge in [0.15, 0.2) is 0 Å². The van der Waals surface area contributed by atoms with Crippen LogP contribution in [0.3, 0.4) is 0 Å². The molecule has 3 aromatic carbocycles. The summed E-state index contributed by atoms with van der Waals surface area (Å²) in [6, 6.07) is 25.7. The molecule has 4 nitrogen and oxygen atoms in total. The van der Waals surface area contributed by atoms with Gasteiger partial charge in [0, 0.05) is 29.9 Å². The zero-order valence-electron chi connectivity index (χ0n) is 17.0. The molecule has 0 saturated carbocycles. The van der Waals surface area contributed by atoms with Gasteiger partial charge in [-0.1, -0.05) is 68.4 Å². The van der Waals surface area contributed by atoms with Crippen LogP contribution in [-0.4, -0.2) is 12.5 Å². The first-order chi connectivity index (χ1) is 14.1. The fraction of sp³-hybridized carbons (Fsp3) is 0.240. The summed E-state index contributed by atoms with van der Waals surface area (Å²) in [6.07, 6.45) is 0. The van der Waals surface area contributed by atoms with Crippen molar-refractivity contribution in [2.45, 2.75) is 27.0 Å². The Labute approximate surface area is 172 Å². The summed E-state index contributed by atoms with van der Waals surface area (Å²) in [5, 5.41) is 6.35. The van der Waals surface area contributed by atoms with Crippen LogP contribution in [0.4, 0.5) is 5.69 Å². The van der Waals surface area contributed by atoms with Gasteiger partial charge < -0.3 is 15.4 Å². The molecule has 0 aliphatic carbocycles. The summed E-state index contributed by atoms with van der Waals surface area (Å²) < 4.78 is 6.02. The predicted molar refractivity (Wildman–Crippen MR) is 118 cm³/mol. The number of amides is 1. The van der Waals surface area contributed by atoms with Crippen molar-refractivity contribution in [3.63, 3.8) is 0 Å². The van der Waals surface area contributed by atoms with E-state index in [9.17, 15) is 4.79 Å². The van der Waals surface area contributed by atoms with Gasteiger partial charge in [0.25, 0.3) is 5.91 Å². The minimum absolute atomic E-state index is 0.0473. The molecule has 4 heteroatoms. The number of hydrogen-bond acceptors (Lipinski definition) is 3. The zero-order valence-corrected chi connectivity index (χ0v) is 17.0. The molecule has 0 saturated heterocycles. The molecule has 0 spiro atoms. The van der Waals surface area contributed by atoms with Crippen LogP contribution >= 0.6 is 0 Å². The number of carbonyl (C=O) groups excluding carboxylic acids is 1. The second-order valence-electron chi connectivity index (χ2n) is 7.42. The number of hydrogen-bond donors (Lipinski definition) is 2. The Morgan fingerprint density at radius 1 is 0.931 bits per heavy atom.